The zero-order chi connectivity index (χ0) is 19.7. The molecule has 0 radical (unpaired) electrons. The van der Waals surface area contributed by atoms with Crippen molar-refractivity contribution >= 4 is 23.6 Å². The fraction of sp³-hybridized carbons (Fsp3) is 0.182. The third-order valence-corrected chi connectivity index (χ3v) is 5.00. The summed E-state index contributed by atoms with van der Waals surface area (Å²) in [5.74, 6) is 0.0861. The summed E-state index contributed by atoms with van der Waals surface area (Å²) in [5, 5.41) is 2.82. The highest BCUT2D eigenvalue weighted by atomic mass is 19.1. The molecule has 2 unspecified atom stereocenters. The van der Waals surface area contributed by atoms with E-state index < -0.39 is 5.82 Å². The number of benzene rings is 2. The smallest absolute Gasteiger partial charge is 0.256 e. The van der Waals surface area contributed by atoms with E-state index in [1.54, 1.807) is 20.1 Å². The third kappa shape index (κ3) is 3.29. The molecule has 1 aliphatic heterocycles. The van der Waals surface area contributed by atoms with E-state index in [4.69, 9.17) is 4.74 Å². The van der Waals surface area contributed by atoms with E-state index in [-0.39, 0.29) is 18.0 Å². The number of ether oxygens (including phenoxy) is 1. The van der Waals surface area contributed by atoms with Gasteiger partial charge in [-0.05, 0) is 61.0 Å². The molecule has 0 aromatic heterocycles. The van der Waals surface area contributed by atoms with Gasteiger partial charge in [-0.1, -0.05) is 12.1 Å². The van der Waals surface area contributed by atoms with E-state index >= 15 is 0 Å². The molecule has 0 spiro atoms. The lowest BCUT2D eigenvalue weighted by Gasteiger charge is -2.26. The maximum absolute atomic E-state index is 13.7. The number of hydrogen-bond acceptors (Lipinski definition) is 4. The number of nitrogens with zero attached hydrogens (tertiary/aromatic N) is 2. The lowest BCUT2D eigenvalue weighted by molar-refractivity contribution is 0.102. The number of rotatable bonds is 4. The van der Waals surface area contributed by atoms with Gasteiger partial charge in [0.1, 0.15) is 11.6 Å². The van der Waals surface area contributed by atoms with Crippen LogP contribution in [-0.2, 0) is 4.74 Å². The predicted octanol–water partition coefficient (Wildman–Crippen LogP) is 4.07. The number of aliphatic imine (C=N–C) groups is 1. The second-order valence-electron chi connectivity index (χ2n) is 6.70. The lowest BCUT2D eigenvalue weighted by Crippen LogP contribution is -2.35. The maximum Gasteiger partial charge on any atom is 0.256 e. The van der Waals surface area contributed by atoms with Gasteiger partial charge >= 0.3 is 0 Å². The number of methoxy groups -OCH3 is 1. The van der Waals surface area contributed by atoms with Gasteiger partial charge in [0, 0.05) is 16.9 Å². The number of hydrogen-bond donors (Lipinski definition) is 1. The second-order valence-corrected chi connectivity index (χ2v) is 6.70. The minimum atomic E-state index is -0.392. The molecule has 0 saturated carbocycles. The first-order valence-corrected chi connectivity index (χ1v) is 8.99. The van der Waals surface area contributed by atoms with E-state index in [0.717, 1.165) is 11.4 Å². The van der Waals surface area contributed by atoms with Crippen molar-refractivity contribution in [2.45, 2.75) is 19.0 Å². The van der Waals surface area contributed by atoms with Crippen molar-refractivity contribution in [2.75, 3.05) is 17.3 Å². The summed E-state index contributed by atoms with van der Waals surface area (Å²) in [5.41, 5.74) is 2.27. The Labute approximate surface area is 162 Å². The molecule has 0 bridgehead atoms. The zero-order valence-corrected chi connectivity index (χ0v) is 15.6. The minimum absolute atomic E-state index is 0.0234. The molecule has 2 aromatic carbocycles. The highest BCUT2D eigenvalue weighted by Gasteiger charge is 2.30. The number of amides is 1. The van der Waals surface area contributed by atoms with Crippen molar-refractivity contribution < 1.29 is 13.9 Å². The SMILES string of the molecule is COC1=CC2N=CN(c3ccc(NC(=O)c4cccc(F)c4C)cc3)C2C=C1. The summed E-state index contributed by atoms with van der Waals surface area (Å²) < 4.78 is 18.9. The van der Waals surface area contributed by atoms with Crippen LogP contribution in [0.5, 0.6) is 0 Å². The molecule has 6 heteroatoms. The van der Waals surface area contributed by atoms with E-state index in [9.17, 15) is 9.18 Å². The van der Waals surface area contributed by atoms with Crippen LogP contribution in [0.2, 0.25) is 0 Å². The minimum Gasteiger partial charge on any atom is -0.497 e. The molecular formula is C22H20FN3O2. The first kappa shape index (κ1) is 18.0. The van der Waals surface area contributed by atoms with Crippen molar-refractivity contribution in [2.24, 2.45) is 4.99 Å². The summed E-state index contributed by atoms with van der Waals surface area (Å²) in [6.45, 7) is 1.59. The van der Waals surface area contributed by atoms with Gasteiger partial charge in [0.15, 0.2) is 0 Å². The van der Waals surface area contributed by atoms with Crippen molar-refractivity contribution in [3.63, 3.8) is 0 Å². The highest BCUT2D eigenvalue weighted by Crippen LogP contribution is 2.29. The molecule has 5 nitrogen and oxygen atoms in total. The molecule has 4 rings (SSSR count). The summed E-state index contributed by atoms with van der Waals surface area (Å²) in [7, 11) is 1.64. The Balaban J connectivity index is 1.47. The molecule has 1 aliphatic carbocycles. The average molecular weight is 377 g/mol. The van der Waals surface area contributed by atoms with Gasteiger partial charge in [-0.2, -0.15) is 0 Å². The first-order valence-electron chi connectivity index (χ1n) is 8.99. The number of halogens is 1. The van der Waals surface area contributed by atoms with Crippen LogP contribution in [0.15, 0.2) is 71.4 Å². The lowest BCUT2D eigenvalue weighted by atomic mass is 10.0. The Kier molecular flexibility index (Phi) is 4.69. The number of fused-ring (bicyclic) bond motifs is 1. The molecule has 0 fully saturated rings. The summed E-state index contributed by atoms with van der Waals surface area (Å²) in [4.78, 5) is 19.0. The third-order valence-electron chi connectivity index (χ3n) is 5.00. The Bertz CT molecular complexity index is 995. The number of carbonyl (C=O) groups is 1. The topological polar surface area (TPSA) is 53.9 Å². The average Bonchev–Trinajstić information content (AvgIpc) is 3.13. The van der Waals surface area contributed by atoms with Crippen LogP contribution in [0, 0.1) is 12.7 Å². The Morgan fingerprint density at radius 2 is 2.00 bits per heavy atom. The maximum atomic E-state index is 13.7. The second kappa shape index (κ2) is 7.31. The van der Waals surface area contributed by atoms with Crippen LogP contribution < -0.4 is 10.2 Å². The number of allylic oxidation sites excluding steroid dienone is 1. The van der Waals surface area contributed by atoms with Gasteiger partial charge in [-0.25, -0.2) is 4.39 Å². The first-order chi connectivity index (χ1) is 13.6. The van der Waals surface area contributed by atoms with Crippen molar-refractivity contribution in [1.82, 2.24) is 0 Å². The molecule has 1 N–H and O–H groups in total. The van der Waals surface area contributed by atoms with Gasteiger partial charge in [0.2, 0.25) is 0 Å². The largest absolute Gasteiger partial charge is 0.497 e. The van der Waals surface area contributed by atoms with Crippen LogP contribution in [0.3, 0.4) is 0 Å². The molecule has 2 aromatic rings. The number of carbonyl (C=O) groups excluding carboxylic acids is 1. The van der Waals surface area contributed by atoms with Gasteiger partial charge in [0.05, 0.1) is 25.5 Å². The van der Waals surface area contributed by atoms with Crippen molar-refractivity contribution in [3.05, 3.63) is 83.4 Å². The fourth-order valence-corrected chi connectivity index (χ4v) is 3.39. The summed E-state index contributed by atoms with van der Waals surface area (Å²) in [6, 6.07) is 12.1. The van der Waals surface area contributed by atoms with E-state index in [0.29, 0.717) is 16.8 Å². The predicted molar refractivity (Wildman–Crippen MR) is 108 cm³/mol. The van der Waals surface area contributed by atoms with E-state index in [2.05, 4.69) is 21.3 Å². The van der Waals surface area contributed by atoms with Gasteiger partial charge in [0.25, 0.3) is 5.91 Å². The molecule has 1 heterocycles. The van der Waals surface area contributed by atoms with Crippen LogP contribution in [0.4, 0.5) is 15.8 Å². The Morgan fingerprint density at radius 3 is 2.75 bits per heavy atom. The quantitative estimate of drug-likeness (QED) is 0.874. The monoisotopic (exact) mass is 377 g/mol. The normalized spacial score (nSPS) is 20.0. The van der Waals surface area contributed by atoms with Crippen LogP contribution in [0.25, 0.3) is 0 Å². The van der Waals surface area contributed by atoms with Crippen molar-refractivity contribution in [1.29, 1.82) is 0 Å². The molecular weight excluding hydrogens is 357 g/mol. The molecule has 0 saturated heterocycles. The highest BCUT2D eigenvalue weighted by molar-refractivity contribution is 6.05. The van der Waals surface area contributed by atoms with Crippen LogP contribution >= 0.6 is 0 Å². The standard InChI is InChI=1S/C22H20FN3O2/c1-14-18(4-3-5-19(14)23)22(27)25-15-6-8-16(9-7-15)26-13-24-20-12-17(28-2)10-11-21(20)26/h3-13,20-21H,1-2H3,(H,25,27). The summed E-state index contributed by atoms with van der Waals surface area (Å²) in [6.07, 6.45) is 7.83. The molecule has 28 heavy (non-hydrogen) atoms. The summed E-state index contributed by atoms with van der Waals surface area (Å²) >= 11 is 0. The molecule has 2 aliphatic rings. The Morgan fingerprint density at radius 1 is 1.21 bits per heavy atom. The van der Waals surface area contributed by atoms with Gasteiger partial charge in [-0.15, -0.1) is 0 Å². The molecule has 2 atom stereocenters. The van der Waals surface area contributed by atoms with E-state index in [1.807, 2.05) is 42.8 Å². The number of anilines is 2. The molecule has 142 valence electrons. The number of nitrogens with one attached hydrogen (secondary N) is 1. The van der Waals surface area contributed by atoms with Gasteiger partial charge < -0.3 is 15.0 Å². The van der Waals surface area contributed by atoms with Gasteiger partial charge in [-0.3, -0.25) is 9.79 Å². The van der Waals surface area contributed by atoms with E-state index in [1.165, 1.54) is 12.1 Å². The van der Waals surface area contributed by atoms with Crippen LogP contribution in [0.1, 0.15) is 15.9 Å². The van der Waals surface area contributed by atoms with Crippen molar-refractivity contribution in [3.8, 4) is 0 Å². The molecule has 1 amide bonds. The Hall–Kier alpha value is -3.41. The van der Waals surface area contributed by atoms with Crippen LogP contribution in [-0.4, -0.2) is 31.4 Å². The fourth-order valence-electron chi connectivity index (χ4n) is 3.39. The zero-order valence-electron chi connectivity index (χ0n) is 15.6.